The Bertz CT molecular complexity index is 401. The van der Waals surface area contributed by atoms with Crippen LogP contribution in [0.15, 0.2) is 18.2 Å². The maximum absolute atomic E-state index is 11.9. The van der Waals surface area contributed by atoms with Gasteiger partial charge in [-0.2, -0.15) is 0 Å². The van der Waals surface area contributed by atoms with Crippen LogP contribution in [0.25, 0.3) is 0 Å². The lowest BCUT2D eigenvalue weighted by Crippen LogP contribution is -2.45. The standard InChI is InChI=1S/C12H16N2O/c1-4-14-11-6-5-8(2)7-10(11)13-9(3)12(14)15/h5-7,9,13H,4H2,1-3H3. The summed E-state index contributed by atoms with van der Waals surface area (Å²) in [4.78, 5) is 13.7. The molecule has 1 heterocycles. The minimum atomic E-state index is -0.126. The zero-order valence-corrected chi connectivity index (χ0v) is 9.37. The van der Waals surface area contributed by atoms with Gasteiger partial charge in [-0.05, 0) is 38.5 Å². The zero-order chi connectivity index (χ0) is 11.0. The van der Waals surface area contributed by atoms with E-state index in [2.05, 4.69) is 18.3 Å². The number of amides is 1. The van der Waals surface area contributed by atoms with E-state index in [0.717, 1.165) is 17.9 Å². The van der Waals surface area contributed by atoms with Crippen LogP contribution in [-0.2, 0) is 4.79 Å². The first-order chi connectivity index (χ1) is 7.13. The molecule has 1 aliphatic rings. The van der Waals surface area contributed by atoms with Gasteiger partial charge < -0.3 is 10.2 Å². The van der Waals surface area contributed by atoms with Crippen LogP contribution >= 0.6 is 0 Å². The molecule has 0 fully saturated rings. The van der Waals surface area contributed by atoms with E-state index < -0.39 is 0 Å². The molecule has 0 radical (unpaired) electrons. The van der Waals surface area contributed by atoms with Crippen molar-refractivity contribution in [2.75, 3.05) is 16.8 Å². The lowest BCUT2D eigenvalue weighted by molar-refractivity contribution is -0.119. The van der Waals surface area contributed by atoms with Crippen LogP contribution in [0.1, 0.15) is 19.4 Å². The minimum absolute atomic E-state index is 0.126. The summed E-state index contributed by atoms with van der Waals surface area (Å²) in [6.07, 6.45) is 0. The molecule has 1 aromatic carbocycles. The van der Waals surface area contributed by atoms with Crippen molar-refractivity contribution in [2.45, 2.75) is 26.8 Å². The normalized spacial score (nSPS) is 19.8. The van der Waals surface area contributed by atoms with E-state index in [-0.39, 0.29) is 11.9 Å². The molecule has 0 bridgehead atoms. The van der Waals surface area contributed by atoms with Gasteiger partial charge in [0, 0.05) is 6.54 Å². The van der Waals surface area contributed by atoms with Gasteiger partial charge in [-0.25, -0.2) is 0 Å². The van der Waals surface area contributed by atoms with Gasteiger partial charge in [-0.1, -0.05) is 6.07 Å². The lowest BCUT2D eigenvalue weighted by Gasteiger charge is -2.33. The lowest BCUT2D eigenvalue weighted by atomic mass is 10.1. The summed E-state index contributed by atoms with van der Waals surface area (Å²) >= 11 is 0. The highest BCUT2D eigenvalue weighted by Crippen LogP contribution is 2.31. The van der Waals surface area contributed by atoms with Crippen molar-refractivity contribution in [2.24, 2.45) is 0 Å². The van der Waals surface area contributed by atoms with Gasteiger partial charge >= 0.3 is 0 Å². The smallest absolute Gasteiger partial charge is 0.249 e. The quantitative estimate of drug-likeness (QED) is 0.760. The Morgan fingerprint density at radius 1 is 1.47 bits per heavy atom. The van der Waals surface area contributed by atoms with Crippen LogP contribution in [0.3, 0.4) is 0 Å². The molecule has 3 heteroatoms. The predicted molar refractivity (Wildman–Crippen MR) is 62.3 cm³/mol. The number of benzene rings is 1. The second-order valence-electron chi connectivity index (χ2n) is 3.97. The molecule has 0 saturated heterocycles. The van der Waals surface area contributed by atoms with Crippen molar-refractivity contribution in [3.8, 4) is 0 Å². The van der Waals surface area contributed by atoms with Crippen LogP contribution in [0.2, 0.25) is 0 Å². The number of carbonyl (C=O) groups is 1. The van der Waals surface area contributed by atoms with Crippen molar-refractivity contribution >= 4 is 17.3 Å². The summed E-state index contributed by atoms with van der Waals surface area (Å²) in [5, 5.41) is 3.22. The molecule has 0 spiro atoms. The number of nitrogens with zero attached hydrogens (tertiary/aromatic N) is 1. The van der Waals surface area contributed by atoms with Crippen molar-refractivity contribution in [3.63, 3.8) is 0 Å². The number of aryl methyl sites for hydroxylation is 1. The van der Waals surface area contributed by atoms with Gasteiger partial charge in [-0.3, -0.25) is 4.79 Å². The van der Waals surface area contributed by atoms with Crippen LogP contribution < -0.4 is 10.2 Å². The summed E-state index contributed by atoms with van der Waals surface area (Å²) in [6.45, 7) is 6.68. The summed E-state index contributed by atoms with van der Waals surface area (Å²) in [6, 6.07) is 6.00. The van der Waals surface area contributed by atoms with E-state index in [1.807, 2.05) is 30.9 Å². The largest absolute Gasteiger partial charge is 0.372 e. The average molecular weight is 204 g/mol. The highest BCUT2D eigenvalue weighted by atomic mass is 16.2. The third-order valence-electron chi connectivity index (χ3n) is 2.77. The van der Waals surface area contributed by atoms with Crippen LogP contribution in [0, 0.1) is 6.92 Å². The number of hydrogen-bond donors (Lipinski definition) is 1. The van der Waals surface area contributed by atoms with E-state index in [9.17, 15) is 4.79 Å². The van der Waals surface area contributed by atoms with E-state index in [1.54, 1.807) is 0 Å². The molecule has 15 heavy (non-hydrogen) atoms. The predicted octanol–water partition coefficient (Wildman–Crippen LogP) is 2.16. The maximum atomic E-state index is 11.9. The molecule has 1 unspecified atom stereocenters. The van der Waals surface area contributed by atoms with E-state index in [4.69, 9.17) is 0 Å². The Hall–Kier alpha value is -1.51. The summed E-state index contributed by atoms with van der Waals surface area (Å²) in [5.41, 5.74) is 3.26. The van der Waals surface area contributed by atoms with E-state index in [0.29, 0.717) is 0 Å². The van der Waals surface area contributed by atoms with Crippen molar-refractivity contribution in [1.29, 1.82) is 0 Å². The molecule has 1 N–H and O–H groups in total. The first-order valence-electron chi connectivity index (χ1n) is 5.32. The first kappa shape index (κ1) is 10.0. The molecule has 3 nitrogen and oxygen atoms in total. The second kappa shape index (κ2) is 3.57. The van der Waals surface area contributed by atoms with Crippen LogP contribution in [-0.4, -0.2) is 18.5 Å². The molecule has 0 aliphatic carbocycles. The van der Waals surface area contributed by atoms with Crippen molar-refractivity contribution in [1.82, 2.24) is 0 Å². The minimum Gasteiger partial charge on any atom is -0.372 e. The number of likely N-dealkylation sites (N-methyl/N-ethyl adjacent to an activating group) is 1. The molecule has 2 rings (SSSR count). The van der Waals surface area contributed by atoms with Crippen molar-refractivity contribution in [3.05, 3.63) is 23.8 Å². The number of fused-ring (bicyclic) bond motifs is 1. The van der Waals surface area contributed by atoms with Gasteiger partial charge in [-0.15, -0.1) is 0 Å². The average Bonchev–Trinajstić information content (AvgIpc) is 2.20. The van der Waals surface area contributed by atoms with E-state index in [1.165, 1.54) is 5.56 Å². The first-order valence-corrected chi connectivity index (χ1v) is 5.32. The van der Waals surface area contributed by atoms with Gasteiger partial charge in [0.15, 0.2) is 0 Å². The fraction of sp³-hybridized carbons (Fsp3) is 0.417. The third kappa shape index (κ3) is 1.58. The summed E-state index contributed by atoms with van der Waals surface area (Å²) in [7, 11) is 0. The monoisotopic (exact) mass is 204 g/mol. The molecule has 0 saturated carbocycles. The fourth-order valence-electron chi connectivity index (χ4n) is 1.97. The molecule has 1 atom stereocenters. The molecular weight excluding hydrogens is 188 g/mol. The van der Waals surface area contributed by atoms with E-state index >= 15 is 0 Å². The third-order valence-corrected chi connectivity index (χ3v) is 2.77. The van der Waals surface area contributed by atoms with Crippen LogP contribution in [0.5, 0.6) is 0 Å². The highest BCUT2D eigenvalue weighted by Gasteiger charge is 2.27. The van der Waals surface area contributed by atoms with Gasteiger partial charge in [0.25, 0.3) is 0 Å². The Balaban J connectivity index is 2.49. The van der Waals surface area contributed by atoms with Gasteiger partial charge in [0.1, 0.15) is 6.04 Å². The number of carbonyl (C=O) groups excluding carboxylic acids is 1. The Morgan fingerprint density at radius 3 is 2.87 bits per heavy atom. The molecule has 1 aromatic rings. The Labute approximate surface area is 90.1 Å². The number of hydrogen-bond acceptors (Lipinski definition) is 2. The summed E-state index contributed by atoms with van der Waals surface area (Å²) in [5.74, 6) is 0.147. The maximum Gasteiger partial charge on any atom is 0.249 e. The summed E-state index contributed by atoms with van der Waals surface area (Å²) < 4.78 is 0. The van der Waals surface area contributed by atoms with Gasteiger partial charge in [0.05, 0.1) is 11.4 Å². The van der Waals surface area contributed by atoms with Crippen molar-refractivity contribution < 1.29 is 4.79 Å². The van der Waals surface area contributed by atoms with Crippen LogP contribution in [0.4, 0.5) is 11.4 Å². The second-order valence-corrected chi connectivity index (χ2v) is 3.97. The number of rotatable bonds is 1. The Morgan fingerprint density at radius 2 is 2.20 bits per heavy atom. The Kier molecular flexibility index (Phi) is 2.39. The fourth-order valence-corrected chi connectivity index (χ4v) is 1.97. The topological polar surface area (TPSA) is 32.3 Å². The highest BCUT2D eigenvalue weighted by molar-refractivity contribution is 6.04. The number of nitrogens with one attached hydrogen (secondary N) is 1. The molecule has 1 amide bonds. The number of anilines is 2. The van der Waals surface area contributed by atoms with Gasteiger partial charge in [0.2, 0.25) is 5.91 Å². The SMILES string of the molecule is CCN1C(=O)C(C)Nc2cc(C)ccc21. The molecule has 0 aromatic heterocycles. The molecule has 80 valence electrons. The molecule has 1 aliphatic heterocycles. The zero-order valence-electron chi connectivity index (χ0n) is 9.37. The molecular formula is C12H16N2O.